The van der Waals surface area contributed by atoms with Gasteiger partial charge in [-0.25, -0.2) is 9.18 Å². The Balaban J connectivity index is 1.62. The van der Waals surface area contributed by atoms with Crippen LogP contribution in [0.15, 0.2) is 52.9 Å². The minimum atomic E-state index is -0.976. The van der Waals surface area contributed by atoms with Gasteiger partial charge in [0, 0.05) is 10.6 Å². The van der Waals surface area contributed by atoms with Gasteiger partial charge in [-0.1, -0.05) is 37.6 Å². The number of rotatable bonds is 7. The first-order valence-corrected chi connectivity index (χ1v) is 9.53. The second-order valence-corrected chi connectivity index (χ2v) is 7.23. The van der Waals surface area contributed by atoms with E-state index < -0.39 is 23.7 Å². The molecule has 0 saturated heterocycles. The standard InChI is InChI=1S/C21H19ClFN3O4/c1-12(2)18(24-19(27)15-5-3-4-6-16(15)23)21(28)29-11-17-25-26-20(30-17)13-7-9-14(22)10-8-13/h3-10,12,18H,11H2,1-2H3,(H,24,27). The third kappa shape index (κ3) is 5.21. The summed E-state index contributed by atoms with van der Waals surface area (Å²) in [4.78, 5) is 24.8. The number of amides is 1. The van der Waals surface area contributed by atoms with Crippen LogP contribution in [-0.4, -0.2) is 28.1 Å². The fourth-order valence-electron chi connectivity index (χ4n) is 2.61. The van der Waals surface area contributed by atoms with Crippen LogP contribution in [0.5, 0.6) is 0 Å². The second-order valence-electron chi connectivity index (χ2n) is 6.79. The molecule has 7 nitrogen and oxygen atoms in total. The lowest BCUT2D eigenvalue weighted by molar-refractivity contribution is -0.149. The second kappa shape index (κ2) is 9.49. The summed E-state index contributed by atoms with van der Waals surface area (Å²) in [5, 5.41) is 10.8. The largest absolute Gasteiger partial charge is 0.454 e. The maximum Gasteiger partial charge on any atom is 0.329 e. The van der Waals surface area contributed by atoms with E-state index in [-0.39, 0.29) is 29.9 Å². The molecule has 0 aliphatic carbocycles. The lowest BCUT2D eigenvalue weighted by Crippen LogP contribution is -2.45. The Kier molecular flexibility index (Phi) is 6.79. The fraction of sp³-hybridized carbons (Fsp3) is 0.238. The van der Waals surface area contributed by atoms with Gasteiger partial charge in [-0.3, -0.25) is 4.79 Å². The van der Waals surface area contributed by atoms with Gasteiger partial charge in [-0.15, -0.1) is 10.2 Å². The van der Waals surface area contributed by atoms with Crippen LogP contribution in [0.1, 0.15) is 30.1 Å². The Morgan fingerprint density at radius 2 is 1.83 bits per heavy atom. The van der Waals surface area contributed by atoms with E-state index in [0.717, 1.165) is 0 Å². The summed E-state index contributed by atoms with van der Waals surface area (Å²) >= 11 is 5.85. The zero-order valence-corrected chi connectivity index (χ0v) is 17.0. The molecule has 0 aliphatic heterocycles. The van der Waals surface area contributed by atoms with Crippen LogP contribution in [0, 0.1) is 11.7 Å². The van der Waals surface area contributed by atoms with E-state index in [9.17, 15) is 14.0 Å². The van der Waals surface area contributed by atoms with Crippen molar-refractivity contribution >= 4 is 23.5 Å². The van der Waals surface area contributed by atoms with Crippen molar-refractivity contribution in [1.82, 2.24) is 15.5 Å². The molecule has 1 aromatic heterocycles. The SMILES string of the molecule is CC(C)C(NC(=O)c1ccccc1F)C(=O)OCc1nnc(-c2ccc(Cl)cc2)o1. The molecule has 0 aliphatic rings. The number of carbonyl (C=O) groups excluding carboxylic acids is 2. The molecule has 0 fully saturated rings. The molecule has 3 rings (SSSR count). The molecular weight excluding hydrogens is 413 g/mol. The number of benzene rings is 2. The van der Waals surface area contributed by atoms with Crippen LogP contribution < -0.4 is 5.32 Å². The van der Waals surface area contributed by atoms with Gasteiger partial charge in [0.05, 0.1) is 5.56 Å². The topological polar surface area (TPSA) is 94.3 Å². The molecule has 9 heteroatoms. The number of carbonyl (C=O) groups is 2. The van der Waals surface area contributed by atoms with E-state index in [1.54, 1.807) is 38.1 Å². The van der Waals surface area contributed by atoms with Gasteiger partial charge in [-0.05, 0) is 42.3 Å². The van der Waals surface area contributed by atoms with Crippen molar-refractivity contribution in [3.8, 4) is 11.5 Å². The van der Waals surface area contributed by atoms with E-state index >= 15 is 0 Å². The third-order valence-corrected chi connectivity index (χ3v) is 4.47. The van der Waals surface area contributed by atoms with Crippen molar-refractivity contribution in [3.05, 3.63) is 70.8 Å². The summed E-state index contributed by atoms with van der Waals surface area (Å²) in [5.41, 5.74) is 0.516. The Morgan fingerprint density at radius 3 is 2.50 bits per heavy atom. The Labute approximate surface area is 177 Å². The number of nitrogens with zero attached hydrogens (tertiary/aromatic N) is 2. The third-order valence-electron chi connectivity index (χ3n) is 4.22. The van der Waals surface area contributed by atoms with Gasteiger partial charge in [0.25, 0.3) is 11.8 Å². The lowest BCUT2D eigenvalue weighted by atomic mass is 10.0. The normalized spacial score (nSPS) is 11.9. The zero-order chi connectivity index (χ0) is 21.7. The number of nitrogens with one attached hydrogen (secondary N) is 1. The minimum Gasteiger partial charge on any atom is -0.454 e. The molecule has 1 amide bonds. The highest BCUT2D eigenvalue weighted by Crippen LogP contribution is 2.20. The minimum absolute atomic E-state index is 0.0937. The van der Waals surface area contributed by atoms with E-state index in [2.05, 4.69) is 15.5 Å². The van der Waals surface area contributed by atoms with Crippen molar-refractivity contribution < 1.29 is 23.1 Å². The van der Waals surface area contributed by atoms with Gasteiger partial charge in [-0.2, -0.15) is 0 Å². The Morgan fingerprint density at radius 1 is 1.13 bits per heavy atom. The van der Waals surface area contributed by atoms with Crippen LogP contribution in [0.3, 0.4) is 0 Å². The summed E-state index contributed by atoms with van der Waals surface area (Å²) in [6.07, 6.45) is 0. The van der Waals surface area contributed by atoms with Crippen molar-refractivity contribution in [2.45, 2.75) is 26.5 Å². The van der Waals surface area contributed by atoms with E-state index in [0.29, 0.717) is 10.6 Å². The summed E-state index contributed by atoms with van der Waals surface area (Å²) in [6.45, 7) is 3.20. The van der Waals surface area contributed by atoms with Gasteiger partial charge in [0.15, 0.2) is 6.61 Å². The maximum absolute atomic E-state index is 13.8. The molecule has 0 saturated carbocycles. The molecule has 1 atom stereocenters. The van der Waals surface area contributed by atoms with E-state index in [1.807, 2.05) is 0 Å². The molecule has 1 N–H and O–H groups in total. The number of ether oxygens (including phenoxy) is 1. The fourth-order valence-corrected chi connectivity index (χ4v) is 2.73. The quantitative estimate of drug-likeness (QED) is 0.567. The predicted octanol–water partition coefficient (Wildman–Crippen LogP) is 4.03. The van der Waals surface area contributed by atoms with Crippen molar-refractivity contribution in [3.63, 3.8) is 0 Å². The summed E-state index contributed by atoms with van der Waals surface area (Å²) in [6, 6.07) is 11.4. The average molecular weight is 432 g/mol. The summed E-state index contributed by atoms with van der Waals surface area (Å²) in [5.74, 6) is -2.01. The highest BCUT2D eigenvalue weighted by molar-refractivity contribution is 6.30. The van der Waals surface area contributed by atoms with Crippen LogP contribution >= 0.6 is 11.6 Å². The van der Waals surface area contributed by atoms with Gasteiger partial charge in [0.2, 0.25) is 5.89 Å². The monoisotopic (exact) mass is 431 g/mol. The molecule has 1 unspecified atom stereocenters. The number of halogens is 2. The van der Waals surface area contributed by atoms with Crippen LogP contribution in [0.4, 0.5) is 4.39 Å². The molecule has 0 spiro atoms. The number of aromatic nitrogens is 2. The van der Waals surface area contributed by atoms with Gasteiger partial charge >= 0.3 is 5.97 Å². The first kappa shape index (κ1) is 21.4. The molecule has 30 heavy (non-hydrogen) atoms. The first-order chi connectivity index (χ1) is 14.3. The Bertz CT molecular complexity index is 1040. The van der Waals surface area contributed by atoms with Crippen molar-refractivity contribution in [1.29, 1.82) is 0 Å². The first-order valence-electron chi connectivity index (χ1n) is 9.15. The highest BCUT2D eigenvalue weighted by atomic mass is 35.5. The average Bonchev–Trinajstić information content (AvgIpc) is 3.19. The van der Waals surface area contributed by atoms with Crippen LogP contribution in [0.25, 0.3) is 11.5 Å². The van der Waals surface area contributed by atoms with Gasteiger partial charge < -0.3 is 14.5 Å². The molecule has 0 radical (unpaired) electrons. The molecule has 0 bridgehead atoms. The maximum atomic E-state index is 13.8. The van der Waals surface area contributed by atoms with E-state index in [4.69, 9.17) is 20.8 Å². The predicted molar refractivity (Wildman–Crippen MR) is 107 cm³/mol. The van der Waals surface area contributed by atoms with E-state index in [1.165, 1.54) is 24.3 Å². The highest BCUT2D eigenvalue weighted by Gasteiger charge is 2.27. The Hall–Kier alpha value is -3.26. The smallest absolute Gasteiger partial charge is 0.329 e. The van der Waals surface area contributed by atoms with Crippen LogP contribution in [0.2, 0.25) is 5.02 Å². The molecule has 1 heterocycles. The number of hydrogen-bond donors (Lipinski definition) is 1. The van der Waals surface area contributed by atoms with Crippen molar-refractivity contribution in [2.75, 3.05) is 0 Å². The van der Waals surface area contributed by atoms with Gasteiger partial charge in [0.1, 0.15) is 11.9 Å². The molecule has 3 aromatic rings. The molecular formula is C21H19ClFN3O4. The summed E-state index contributed by atoms with van der Waals surface area (Å²) < 4.78 is 24.5. The van der Waals surface area contributed by atoms with Crippen LogP contribution in [-0.2, 0) is 16.1 Å². The lowest BCUT2D eigenvalue weighted by Gasteiger charge is -2.20. The number of esters is 1. The number of hydrogen-bond acceptors (Lipinski definition) is 6. The zero-order valence-electron chi connectivity index (χ0n) is 16.3. The molecule has 2 aromatic carbocycles. The van der Waals surface area contributed by atoms with Crippen molar-refractivity contribution in [2.24, 2.45) is 5.92 Å². The molecule has 156 valence electrons. The summed E-state index contributed by atoms with van der Waals surface area (Å²) in [7, 11) is 0.